The zero-order chi connectivity index (χ0) is 59.4. The standard InChI is InChI=1S/C53H78N10O18/c64-39(10-5-6-11-40(50(77)78)54-53(81)55-41(51(79)80)17-18-44(65)66)29-37(49(75)76)9-3-1-4-12-42-56-43(58-52(57-42)62-19-7-2-8-20-62)28-36-15-13-35(14-16-36)27-38-30-61(33-47(71)72)24-23-59(31-45(67)68)21-22-60(32-46(69)70)25-26-63(38)34-48(73)74/h13-16,37-38,40-41H,1-12,17-34H2,(H,65,66)(H,67,68)(H,69,70)(H,71,72)(H,73,74)(H,75,76)(H,77,78)(H,79,80)(H2,54,55,81)/t37-,38?,40+,41+/m1/s1. The second-order valence-corrected chi connectivity index (χ2v) is 20.7. The first-order chi connectivity index (χ1) is 38.5. The number of urea groups is 1. The smallest absolute Gasteiger partial charge is 0.326 e. The van der Waals surface area contributed by atoms with Gasteiger partial charge in [0, 0.05) is 97.0 Å². The number of benzene rings is 1. The number of carbonyl (C=O) groups is 10. The summed E-state index contributed by atoms with van der Waals surface area (Å²) >= 11 is 0. The number of Topliss-reactive ketones (excluding diaryl/α,β-unsaturated/α-hetero) is 1. The van der Waals surface area contributed by atoms with E-state index < -0.39 is 97.2 Å². The van der Waals surface area contributed by atoms with E-state index in [4.69, 9.17) is 20.1 Å². The first kappa shape index (κ1) is 66.1. The van der Waals surface area contributed by atoms with Crippen molar-refractivity contribution in [3.63, 3.8) is 0 Å². The number of carbonyl (C=O) groups excluding carboxylic acids is 2. The number of carboxylic acid groups (broad SMARTS) is 8. The van der Waals surface area contributed by atoms with Crippen molar-refractivity contribution in [1.82, 2.24) is 45.2 Å². The molecule has 2 aromatic rings. The van der Waals surface area contributed by atoms with Crippen LogP contribution in [-0.2, 0) is 62.4 Å². The van der Waals surface area contributed by atoms with Gasteiger partial charge in [-0.1, -0.05) is 43.5 Å². The van der Waals surface area contributed by atoms with Crippen molar-refractivity contribution in [2.75, 3.05) is 90.0 Å². The number of amides is 2. The molecule has 28 nitrogen and oxygen atoms in total. The lowest BCUT2D eigenvalue weighted by atomic mass is 9.93. The number of nitrogens with zero attached hydrogens (tertiary/aromatic N) is 8. The van der Waals surface area contributed by atoms with Gasteiger partial charge in [0.2, 0.25) is 5.95 Å². The Kier molecular flexibility index (Phi) is 28.3. The number of piperidine rings is 1. The number of hydrogen-bond donors (Lipinski definition) is 10. The fraction of sp³-hybridized carbons (Fsp3) is 0.642. The maximum absolute atomic E-state index is 12.9. The highest BCUT2D eigenvalue weighted by molar-refractivity contribution is 5.86. The molecule has 0 aliphatic carbocycles. The quantitative estimate of drug-likeness (QED) is 0.0442. The van der Waals surface area contributed by atoms with Crippen LogP contribution in [-0.4, -0.2) is 238 Å². The highest BCUT2D eigenvalue weighted by Gasteiger charge is 2.29. The van der Waals surface area contributed by atoms with Crippen LogP contribution in [0.1, 0.15) is 113 Å². The Morgan fingerprint density at radius 3 is 1.60 bits per heavy atom. The lowest BCUT2D eigenvalue weighted by molar-refractivity contribution is -0.144. The molecule has 2 saturated heterocycles. The summed E-state index contributed by atoms with van der Waals surface area (Å²) in [6.45, 7) is 1.31. The van der Waals surface area contributed by atoms with Gasteiger partial charge in [0.05, 0.1) is 32.1 Å². The van der Waals surface area contributed by atoms with Crippen molar-refractivity contribution in [3.8, 4) is 0 Å². The predicted octanol–water partition coefficient (Wildman–Crippen LogP) is 1.32. The van der Waals surface area contributed by atoms with Crippen LogP contribution in [0.5, 0.6) is 0 Å². The first-order valence-electron chi connectivity index (χ1n) is 27.4. The van der Waals surface area contributed by atoms with Gasteiger partial charge < -0.3 is 56.4 Å². The van der Waals surface area contributed by atoms with Gasteiger partial charge >= 0.3 is 53.8 Å². The summed E-state index contributed by atoms with van der Waals surface area (Å²) in [5.74, 6) is -9.28. The maximum atomic E-state index is 12.9. The number of nitrogens with one attached hydrogen (secondary N) is 2. The summed E-state index contributed by atoms with van der Waals surface area (Å²) in [5, 5.41) is 80.9. The molecule has 0 bridgehead atoms. The molecular formula is C53H78N10O18. The van der Waals surface area contributed by atoms with Crippen LogP contribution in [0.15, 0.2) is 24.3 Å². The van der Waals surface area contributed by atoms with E-state index in [0.29, 0.717) is 56.1 Å². The molecular weight excluding hydrogens is 1060 g/mol. The molecule has 81 heavy (non-hydrogen) atoms. The van der Waals surface area contributed by atoms with Gasteiger partial charge in [-0.25, -0.2) is 19.4 Å². The zero-order valence-electron chi connectivity index (χ0n) is 45.6. The molecule has 2 fully saturated rings. The summed E-state index contributed by atoms with van der Waals surface area (Å²) in [6.07, 6.45) is 5.22. The summed E-state index contributed by atoms with van der Waals surface area (Å²) in [5.41, 5.74) is 1.70. The van der Waals surface area contributed by atoms with Gasteiger partial charge in [-0.2, -0.15) is 9.97 Å². The third-order valence-corrected chi connectivity index (χ3v) is 14.1. The number of carboxylic acids is 8. The molecule has 1 aromatic carbocycles. The SMILES string of the molecule is O=C(O)CC[C@H](NC(=O)N[C@@H](CCCCC(=O)C[C@@H](CCCCCc1nc(Cc2ccc(CC3CN(CC(=O)O)CCN(CC(=O)O)CCN(CC(=O)O)CCN3CC(=O)O)cc2)nc(N2CCCCC2)n1)C(=O)O)C(=O)O)C(=O)O. The number of aryl methyl sites for hydroxylation is 1. The summed E-state index contributed by atoms with van der Waals surface area (Å²) in [6, 6.07) is 3.00. The Morgan fingerprint density at radius 1 is 0.506 bits per heavy atom. The maximum Gasteiger partial charge on any atom is 0.326 e. The summed E-state index contributed by atoms with van der Waals surface area (Å²) < 4.78 is 0. The lowest BCUT2D eigenvalue weighted by Gasteiger charge is -2.37. The van der Waals surface area contributed by atoms with Gasteiger partial charge in [0.15, 0.2) is 0 Å². The molecule has 0 radical (unpaired) electrons. The largest absolute Gasteiger partial charge is 0.481 e. The Morgan fingerprint density at radius 2 is 1.04 bits per heavy atom. The molecule has 2 amide bonds. The molecule has 0 saturated carbocycles. The zero-order valence-corrected chi connectivity index (χ0v) is 45.6. The Balaban J connectivity index is 1.37. The van der Waals surface area contributed by atoms with E-state index in [1.807, 2.05) is 29.6 Å². The van der Waals surface area contributed by atoms with Crippen molar-refractivity contribution in [3.05, 3.63) is 47.0 Å². The second-order valence-electron chi connectivity index (χ2n) is 20.7. The van der Waals surface area contributed by atoms with E-state index >= 15 is 0 Å². The molecule has 10 N–H and O–H groups in total. The monoisotopic (exact) mass is 1140 g/mol. The first-order valence-corrected chi connectivity index (χ1v) is 27.4. The molecule has 4 rings (SSSR count). The number of anilines is 1. The second kappa shape index (κ2) is 34.7. The molecule has 448 valence electrons. The van der Waals surface area contributed by atoms with E-state index in [0.717, 1.165) is 43.5 Å². The molecule has 1 unspecified atom stereocenters. The molecule has 1 aromatic heterocycles. The molecule has 0 spiro atoms. The van der Waals surface area contributed by atoms with Gasteiger partial charge in [-0.3, -0.25) is 53.2 Å². The molecule has 2 aliphatic heterocycles. The molecule has 28 heteroatoms. The number of unbranched alkanes of at least 4 members (excludes halogenated alkanes) is 3. The van der Waals surface area contributed by atoms with E-state index in [-0.39, 0.29) is 110 Å². The number of ketones is 1. The molecule has 4 atom stereocenters. The Hall–Kier alpha value is -7.43. The van der Waals surface area contributed by atoms with Crippen LogP contribution in [0.2, 0.25) is 0 Å². The average molecular weight is 1140 g/mol. The van der Waals surface area contributed by atoms with Crippen LogP contribution in [0.4, 0.5) is 10.7 Å². The topological polar surface area (TPSA) is 411 Å². The average Bonchev–Trinajstić information content (AvgIpc) is 3.39. The minimum absolute atomic E-state index is 0.0242. The van der Waals surface area contributed by atoms with Crippen LogP contribution in [0, 0.1) is 5.92 Å². The summed E-state index contributed by atoms with van der Waals surface area (Å²) in [4.78, 5) is 142. The summed E-state index contributed by atoms with van der Waals surface area (Å²) in [7, 11) is 0. The van der Waals surface area contributed by atoms with Gasteiger partial charge in [0.25, 0.3) is 0 Å². The minimum Gasteiger partial charge on any atom is -0.481 e. The van der Waals surface area contributed by atoms with Crippen LogP contribution in [0.25, 0.3) is 0 Å². The van der Waals surface area contributed by atoms with Crippen LogP contribution < -0.4 is 15.5 Å². The van der Waals surface area contributed by atoms with Crippen molar-refractivity contribution < 1.29 is 88.8 Å². The fourth-order valence-corrected chi connectivity index (χ4v) is 9.84. The Bertz CT molecular complexity index is 2440. The third kappa shape index (κ3) is 26.1. The number of hydrogen-bond acceptors (Lipinski definition) is 18. The number of rotatable bonds is 34. The van der Waals surface area contributed by atoms with E-state index in [9.17, 15) is 83.7 Å². The highest BCUT2D eigenvalue weighted by atomic mass is 16.4. The Labute approximate surface area is 468 Å². The third-order valence-electron chi connectivity index (χ3n) is 14.1. The fourth-order valence-electron chi connectivity index (χ4n) is 9.84. The van der Waals surface area contributed by atoms with E-state index in [2.05, 4.69) is 10.2 Å². The van der Waals surface area contributed by atoms with E-state index in [1.165, 1.54) is 0 Å². The van der Waals surface area contributed by atoms with E-state index in [1.54, 1.807) is 19.6 Å². The lowest BCUT2D eigenvalue weighted by Crippen LogP contribution is -2.53. The van der Waals surface area contributed by atoms with Crippen molar-refractivity contribution in [2.24, 2.45) is 5.92 Å². The van der Waals surface area contributed by atoms with Crippen LogP contribution >= 0.6 is 0 Å². The van der Waals surface area contributed by atoms with Crippen LogP contribution in [0.3, 0.4) is 0 Å². The minimum atomic E-state index is -1.56. The van der Waals surface area contributed by atoms with Crippen molar-refractivity contribution in [1.29, 1.82) is 0 Å². The molecule has 2 aliphatic rings. The van der Waals surface area contributed by atoms with Gasteiger partial charge in [-0.05, 0) is 68.9 Å². The van der Waals surface area contributed by atoms with Crippen molar-refractivity contribution in [2.45, 2.75) is 127 Å². The molecule has 3 heterocycles. The van der Waals surface area contributed by atoms with Gasteiger partial charge in [0.1, 0.15) is 29.5 Å². The van der Waals surface area contributed by atoms with Crippen molar-refractivity contribution >= 4 is 65.5 Å². The number of aliphatic carboxylic acids is 8. The normalized spacial score (nSPS) is 17.3. The number of aromatic nitrogens is 3. The highest BCUT2D eigenvalue weighted by Crippen LogP contribution is 2.22. The van der Waals surface area contributed by atoms with Gasteiger partial charge in [-0.15, -0.1) is 0 Å². The predicted molar refractivity (Wildman–Crippen MR) is 287 cm³/mol.